The second-order valence-corrected chi connectivity index (χ2v) is 6.65. The van der Waals surface area contributed by atoms with Gasteiger partial charge in [0.25, 0.3) is 0 Å². The van der Waals surface area contributed by atoms with Gasteiger partial charge in [0.05, 0.1) is 28.9 Å². The van der Waals surface area contributed by atoms with E-state index < -0.39 is 0 Å². The summed E-state index contributed by atoms with van der Waals surface area (Å²) in [7, 11) is 1.57. The molecule has 4 rings (SSSR count). The zero-order chi connectivity index (χ0) is 19.5. The van der Waals surface area contributed by atoms with E-state index in [0.717, 1.165) is 16.6 Å². The standard InChI is InChI=1S/C22H18ClN3O2/c1-28-20-13-7-5-11-18(20)24-21(27)14-26-19-12-6-4-10-17(19)25-22(26)15-8-2-3-9-16(15)23/h2-13H,14H2,1H3,(H,24,27). The van der Waals surface area contributed by atoms with Gasteiger partial charge in [-0.3, -0.25) is 4.79 Å². The Morgan fingerprint density at radius 1 is 1.04 bits per heavy atom. The summed E-state index contributed by atoms with van der Waals surface area (Å²) in [6.45, 7) is 0.0963. The van der Waals surface area contributed by atoms with Gasteiger partial charge in [0.1, 0.15) is 18.1 Å². The number of methoxy groups -OCH3 is 1. The van der Waals surface area contributed by atoms with Gasteiger partial charge in [-0.2, -0.15) is 0 Å². The molecule has 0 radical (unpaired) electrons. The first-order chi connectivity index (χ1) is 13.7. The molecule has 0 unspecified atom stereocenters. The summed E-state index contributed by atoms with van der Waals surface area (Å²) in [5, 5.41) is 3.50. The number of halogens is 1. The minimum absolute atomic E-state index is 0.0963. The number of para-hydroxylation sites is 4. The number of amides is 1. The number of carbonyl (C=O) groups excluding carboxylic acids is 1. The van der Waals surface area contributed by atoms with Crippen molar-refractivity contribution in [1.29, 1.82) is 0 Å². The molecule has 140 valence electrons. The lowest BCUT2D eigenvalue weighted by molar-refractivity contribution is -0.116. The molecule has 1 aromatic heterocycles. The van der Waals surface area contributed by atoms with Crippen molar-refractivity contribution in [3.05, 3.63) is 77.8 Å². The third-order valence-corrected chi connectivity index (χ3v) is 4.78. The summed E-state index contributed by atoms with van der Waals surface area (Å²) in [6, 6.07) is 22.5. The maximum Gasteiger partial charge on any atom is 0.244 e. The van der Waals surface area contributed by atoms with Crippen LogP contribution in [0.25, 0.3) is 22.4 Å². The van der Waals surface area contributed by atoms with Gasteiger partial charge in [0, 0.05) is 5.56 Å². The number of hydrogen-bond acceptors (Lipinski definition) is 3. The zero-order valence-electron chi connectivity index (χ0n) is 15.2. The normalized spacial score (nSPS) is 10.8. The number of ether oxygens (including phenoxy) is 1. The van der Waals surface area contributed by atoms with E-state index >= 15 is 0 Å². The highest BCUT2D eigenvalue weighted by atomic mass is 35.5. The van der Waals surface area contributed by atoms with Crippen LogP contribution in [0, 0.1) is 0 Å². The van der Waals surface area contributed by atoms with E-state index in [1.807, 2.05) is 65.2 Å². The van der Waals surface area contributed by atoms with Crippen LogP contribution in [0.1, 0.15) is 0 Å². The molecule has 1 heterocycles. The third-order valence-electron chi connectivity index (χ3n) is 4.45. The van der Waals surface area contributed by atoms with Crippen molar-refractivity contribution in [2.75, 3.05) is 12.4 Å². The molecule has 0 saturated heterocycles. The molecule has 0 bridgehead atoms. The fourth-order valence-corrected chi connectivity index (χ4v) is 3.39. The quantitative estimate of drug-likeness (QED) is 0.520. The van der Waals surface area contributed by atoms with Gasteiger partial charge in [-0.1, -0.05) is 48.0 Å². The van der Waals surface area contributed by atoms with Gasteiger partial charge < -0.3 is 14.6 Å². The molecule has 0 aliphatic carbocycles. The summed E-state index contributed by atoms with van der Waals surface area (Å²) < 4.78 is 7.19. The number of anilines is 1. The maximum atomic E-state index is 12.8. The van der Waals surface area contributed by atoms with Crippen molar-refractivity contribution in [3.8, 4) is 17.1 Å². The molecule has 0 spiro atoms. The molecule has 6 heteroatoms. The smallest absolute Gasteiger partial charge is 0.244 e. The van der Waals surface area contributed by atoms with E-state index in [1.54, 1.807) is 19.2 Å². The molecule has 1 N–H and O–H groups in total. The molecule has 0 atom stereocenters. The van der Waals surface area contributed by atoms with Crippen molar-refractivity contribution < 1.29 is 9.53 Å². The molecule has 4 aromatic rings. The van der Waals surface area contributed by atoms with E-state index in [2.05, 4.69) is 5.32 Å². The summed E-state index contributed by atoms with van der Waals surface area (Å²) in [6.07, 6.45) is 0. The highest BCUT2D eigenvalue weighted by molar-refractivity contribution is 6.33. The average molecular weight is 392 g/mol. The Morgan fingerprint density at radius 3 is 2.57 bits per heavy atom. The first kappa shape index (κ1) is 18.1. The van der Waals surface area contributed by atoms with Crippen molar-refractivity contribution in [1.82, 2.24) is 9.55 Å². The van der Waals surface area contributed by atoms with E-state index in [0.29, 0.717) is 22.3 Å². The number of carbonyl (C=O) groups is 1. The molecule has 0 fully saturated rings. The van der Waals surface area contributed by atoms with Crippen LogP contribution in [0.5, 0.6) is 5.75 Å². The van der Waals surface area contributed by atoms with Crippen molar-refractivity contribution >= 4 is 34.2 Å². The van der Waals surface area contributed by atoms with Crippen LogP contribution in [0.2, 0.25) is 5.02 Å². The Bertz CT molecular complexity index is 1150. The maximum absolute atomic E-state index is 12.8. The fraction of sp³-hybridized carbons (Fsp3) is 0.0909. The molecule has 0 aliphatic rings. The van der Waals surface area contributed by atoms with E-state index in [4.69, 9.17) is 21.3 Å². The van der Waals surface area contributed by atoms with E-state index in [9.17, 15) is 4.79 Å². The second kappa shape index (κ2) is 7.74. The number of rotatable bonds is 5. The van der Waals surface area contributed by atoms with Crippen LogP contribution in [0.3, 0.4) is 0 Å². The molecular formula is C22H18ClN3O2. The highest BCUT2D eigenvalue weighted by Crippen LogP contribution is 2.30. The number of fused-ring (bicyclic) bond motifs is 1. The molecule has 28 heavy (non-hydrogen) atoms. The minimum atomic E-state index is -0.180. The Morgan fingerprint density at radius 2 is 1.75 bits per heavy atom. The Labute approximate surface area is 167 Å². The van der Waals surface area contributed by atoms with E-state index in [1.165, 1.54) is 0 Å². The van der Waals surface area contributed by atoms with Gasteiger partial charge in [-0.05, 0) is 36.4 Å². The first-order valence-corrected chi connectivity index (χ1v) is 9.18. The molecule has 0 saturated carbocycles. The monoisotopic (exact) mass is 391 g/mol. The number of hydrogen-bond donors (Lipinski definition) is 1. The largest absolute Gasteiger partial charge is 0.495 e. The van der Waals surface area contributed by atoms with Crippen LogP contribution in [-0.2, 0) is 11.3 Å². The number of benzene rings is 3. The molecule has 3 aromatic carbocycles. The van der Waals surface area contributed by atoms with Crippen LogP contribution < -0.4 is 10.1 Å². The lowest BCUT2D eigenvalue weighted by Gasteiger charge is -2.13. The predicted octanol–water partition coefficient (Wildman–Crippen LogP) is 5.00. The minimum Gasteiger partial charge on any atom is -0.495 e. The fourth-order valence-electron chi connectivity index (χ4n) is 3.16. The van der Waals surface area contributed by atoms with Crippen molar-refractivity contribution in [3.63, 3.8) is 0 Å². The zero-order valence-corrected chi connectivity index (χ0v) is 16.0. The lowest BCUT2D eigenvalue weighted by atomic mass is 10.2. The van der Waals surface area contributed by atoms with Gasteiger partial charge >= 0.3 is 0 Å². The van der Waals surface area contributed by atoms with Gasteiger partial charge in [0.2, 0.25) is 5.91 Å². The van der Waals surface area contributed by atoms with Gasteiger partial charge in [0.15, 0.2) is 0 Å². The van der Waals surface area contributed by atoms with Gasteiger partial charge in [-0.25, -0.2) is 4.98 Å². The molecule has 5 nitrogen and oxygen atoms in total. The predicted molar refractivity (Wildman–Crippen MR) is 112 cm³/mol. The molecular weight excluding hydrogens is 374 g/mol. The van der Waals surface area contributed by atoms with Crippen molar-refractivity contribution in [2.24, 2.45) is 0 Å². The summed E-state index contributed by atoms with van der Waals surface area (Å²) >= 11 is 6.39. The van der Waals surface area contributed by atoms with E-state index in [-0.39, 0.29) is 12.5 Å². The number of aromatic nitrogens is 2. The topological polar surface area (TPSA) is 56.1 Å². The Kier molecular flexibility index (Phi) is 5.00. The molecule has 0 aliphatic heterocycles. The Balaban J connectivity index is 1.73. The number of nitrogens with zero attached hydrogens (tertiary/aromatic N) is 2. The van der Waals surface area contributed by atoms with Crippen LogP contribution in [0.4, 0.5) is 5.69 Å². The average Bonchev–Trinajstić information content (AvgIpc) is 3.07. The van der Waals surface area contributed by atoms with Crippen LogP contribution in [0.15, 0.2) is 72.8 Å². The second-order valence-electron chi connectivity index (χ2n) is 6.24. The molecule has 1 amide bonds. The highest BCUT2D eigenvalue weighted by Gasteiger charge is 2.17. The third kappa shape index (κ3) is 3.44. The SMILES string of the molecule is COc1ccccc1NC(=O)Cn1c(-c2ccccc2Cl)nc2ccccc21. The summed E-state index contributed by atoms with van der Waals surface area (Å²) in [4.78, 5) is 17.5. The number of nitrogens with one attached hydrogen (secondary N) is 1. The summed E-state index contributed by atoms with van der Waals surface area (Å²) in [5.41, 5.74) is 3.08. The van der Waals surface area contributed by atoms with Crippen LogP contribution >= 0.6 is 11.6 Å². The van der Waals surface area contributed by atoms with Gasteiger partial charge in [-0.15, -0.1) is 0 Å². The summed E-state index contributed by atoms with van der Waals surface area (Å²) in [5.74, 6) is 1.08. The first-order valence-electron chi connectivity index (χ1n) is 8.80. The number of imidazole rings is 1. The van der Waals surface area contributed by atoms with Crippen LogP contribution in [-0.4, -0.2) is 22.6 Å². The lowest BCUT2D eigenvalue weighted by Crippen LogP contribution is -2.19. The van der Waals surface area contributed by atoms with Crippen molar-refractivity contribution in [2.45, 2.75) is 6.54 Å². The Hall–Kier alpha value is -3.31.